The van der Waals surface area contributed by atoms with Crippen molar-refractivity contribution in [1.29, 1.82) is 0 Å². The van der Waals surface area contributed by atoms with E-state index in [0.717, 1.165) is 22.0 Å². The molecule has 0 unspecified atom stereocenters. The van der Waals surface area contributed by atoms with Crippen molar-refractivity contribution in [1.82, 2.24) is 0 Å². The molecule has 2 aromatic rings. The minimum Gasteiger partial charge on any atom is -0.496 e. The topological polar surface area (TPSA) is 21.3 Å². The maximum Gasteiger partial charge on any atom is 0.123 e. The van der Waals surface area contributed by atoms with Crippen molar-refractivity contribution in [3.8, 4) is 5.75 Å². The number of thioether (sulfide) groups is 1. The summed E-state index contributed by atoms with van der Waals surface area (Å²) in [4.78, 5) is 1.24. The first kappa shape index (κ1) is 14.1. The molecule has 2 rings (SSSR count). The lowest BCUT2D eigenvalue weighted by Gasteiger charge is -2.11. The minimum absolute atomic E-state index is 0.682. The van der Waals surface area contributed by atoms with Crippen LogP contribution in [0.3, 0.4) is 0 Å². The van der Waals surface area contributed by atoms with E-state index in [4.69, 9.17) is 16.3 Å². The summed E-state index contributed by atoms with van der Waals surface area (Å²) in [6.07, 6.45) is 2.07. The van der Waals surface area contributed by atoms with Gasteiger partial charge in [0.25, 0.3) is 0 Å². The first-order chi connectivity index (χ1) is 9.22. The Labute approximate surface area is 123 Å². The maximum absolute atomic E-state index is 6.02. The van der Waals surface area contributed by atoms with Crippen LogP contribution in [0.5, 0.6) is 5.75 Å². The van der Waals surface area contributed by atoms with Crippen molar-refractivity contribution >= 4 is 29.1 Å². The molecule has 2 aromatic carbocycles. The highest BCUT2D eigenvalue weighted by Crippen LogP contribution is 2.24. The largest absolute Gasteiger partial charge is 0.496 e. The molecule has 0 aromatic heterocycles. The molecule has 0 radical (unpaired) electrons. The Hall–Kier alpha value is -1.32. The number of hydrogen-bond donors (Lipinski definition) is 1. The Morgan fingerprint density at radius 2 is 2.05 bits per heavy atom. The number of hydrogen-bond acceptors (Lipinski definition) is 3. The van der Waals surface area contributed by atoms with Crippen LogP contribution in [0, 0.1) is 0 Å². The van der Waals surface area contributed by atoms with Gasteiger partial charge >= 0.3 is 0 Å². The third-order valence-electron chi connectivity index (χ3n) is 2.80. The Morgan fingerprint density at radius 3 is 2.79 bits per heavy atom. The first-order valence-electron chi connectivity index (χ1n) is 5.93. The second-order valence-electron chi connectivity index (χ2n) is 4.04. The van der Waals surface area contributed by atoms with Crippen LogP contribution in [0.1, 0.15) is 5.56 Å². The van der Waals surface area contributed by atoms with Gasteiger partial charge in [-0.25, -0.2) is 0 Å². The number of nitrogens with one attached hydrogen (secondary N) is 1. The maximum atomic E-state index is 6.02. The smallest absolute Gasteiger partial charge is 0.123 e. The van der Waals surface area contributed by atoms with Crippen LogP contribution < -0.4 is 10.1 Å². The Morgan fingerprint density at radius 1 is 1.21 bits per heavy atom. The van der Waals surface area contributed by atoms with Crippen molar-refractivity contribution in [2.24, 2.45) is 0 Å². The molecule has 0 aliphatic rings. The summed E-state index contributed by atoms with van der Waals surface area (Å²) in [5.74, 6) is 0.845. The van der Waals surface area contributed by atoms with Gasteiger partial charge in [0.15, 0.2) is 0 Å². The average molecular weight is 294 g/mol. The fourth-order valence-corrected chi connectivity index (χ4v) is 2.47. The molecular weight excluding hydrogens is 278 g/mol. The zero-order chi connectivity index (χ0) is 13.7. The standard InChI is InChI=1S/C15H16ClNOS/c1-18-15-7-6-12(16)8-11(15)10-17-13-4-3-5-14(9-13)19-2/h3-9,17H,10H2,1-2H3. The quantitative estimate of drug-likeness (QED) is 0.809. The van der Waals surface area contributed by atoms with E-state index in [1.54, 1.807) is 18.9 Å². The molecule has 0 bridgehead atoms. The number of halogens is 1. The van der Waals surface area contributed by atoms with Crippen LogP contribution in [0.2, 0.25) is 5.02 Å². The molecule has 1 N–H and O–H groups in total. The summed E-state index contributed by atoms with van der Waals surface area (Å²) >= 11 is 7.75. The average Bonchev–Trinajstić information content (AvgIpc) is 2.45. The van der Waals surface area contributed by atoms with Gasteiger partial charge in [0.1, 0.15) is 5.75 Å². The first-order valence-corrected chi connectivity index (χ1v) is 7.53. The van der Waals surface area contributed by atoms with Gasteiger partial charge in [-0.2, -0.15) is 0 Å². The highest BCUT2D eigenvalue weighted by Gasteiger charge is 2.04. The molecule has 0 fully saturated rings. The zero-order valence-corrected chi connectivity index (χ0v) is 12.5. The lowest BCUT2D eigenvalue weighted by Crippen LogP contribution is -2.01. The number of benzene rings is 2. The molecule has 0 atom stereocenters. The molecule has 19 heavy (non-hydrogen) atoms. The molecule has 0 amide bonds. The van der Waals surface area contributed by atoms with E-state index in [-0.39, 0.29) is 0 Å². The Kier molecular flexibility index (Phi) is 5.00. The van der Waals surface area contributed by atoms with Crippen molar-refractivity contribution in [2.45, 2.75) is 11.4 Å². The fraction of sp³-hybridized carbons (Fsp3) is 0.200. The van der Waals surface area contributed by atoms with Gasteiger partial charge in [0.2, 0.25) is 0 Å². The van der Waals surface area contributed by atoms with Crippen molar-refractivity contribution in [3.63, 3.8) is 0 Å². The van der Waals surface area contributed by atoms with E-state index in [1.165, 1.54) is 4.90 Å². The van der Waals surface area contributed by atoms with Crippen LogP contribution >= 0.6 is 23.4 Å². The van der Waals surface area contributed by atoms with Crippen molar-refractivity contribution in [3.05, 3.63) is 53.1 Å². The minimum atomic E-state index is 0.682. The number of ether oxygens (including phenoxy) is 1. The molecule has 4 heteroatoms. The second kappa shape index (κ2) is 6.73. The summed E-state index contributed by atoms with van der Waals surface area (Å²) in [7, 11) is 1.67. The second-order valence-corrected chi connectivity index (χ2v) is 5.36. The summed E-state index contributed by atoms with van der Waals surface area (Å²) in [5, 5.41) is 4.10. The van der Waals surface area contributed by atoms with E-state index in [2.05, 4.69) is 29.8 Å². The summed E-state index contributed by atoms with van der Waals surface area (Å²) in [6.45, 7) is 0.682. The van der Waals surface area contributed by atoms with Gasteiger partial charge in [-0.1, -0.05) is 17.7 Å². The van der Waals surface area contributed by atoms with Gasteiger partial charge in [-0.3, -0.25) is 0 Å². The molecule has 0 saturated heterocycles. The number of anilines is 1. The van der Waals surface area contributed by atoms with Crippen LogP contribution in [0.4, 0.5) is 5.69 Å². The summed E-state index contributed by atoms with van der Waals surface area (Å²) in [6, 6.07) is 14.0. The van der Waals surface area contributed by atoms with Crippen LogP contribution in [-0.2, 0) is 6.54 Å². The van der Waals surface area contributed by atoms with E-state index in [1.807, 2.05) is 24.3 Å². The van der Waals surface area contributed by atoms with Gasteiger partial charge in [-0.05, 0) is 42.7 Å². The third-order valence-corrected chi connectivity index (χ3v) is 3.76. The number of rotatable bonds is 5. The highest BCUT2D eigenvalue weighted by atomic mass is 35.5. The van der Waals surface area contributed by atoms with Crippen molar-refractivity contribution in [2.75, 3.05) is 18.7 Å². The van der Waals surface area contributed by atoms with Crippen LogP contribution in [-0.4, -0.2) is 13.4 Å². The van der Waals surface area contributed by atoms with Gasteiger partial charge in [0.05, 0.1) is 7.11 Å². The fourth-order valence-electron chi connectivity index (χ4n) is 1.82. The molecule has 0 saturated carbocycles. The molecular formula is C15H16ClNOS. The SMILES string of the molecule is COc1ccc(Cl)cc1CNc1cccc(SC)c1. The summed E-state index contributed by atoms with van der Waals surface area (Å²) < 4.78 is 5.33. The predicted octanol–water partition coefficient (Wildman–Crippen LogP) is 4.68. The molecule has 0 spiro atoms. The van der Waals surface area contributed by atoms with Gasteiger partial charge in [0, 0.05) is 27.7 Å². The molecule has 2 nitrogen and oxygen atoms in total. The van der Waals surface area contributed by atoms with E-state index < -0.39 is 0 Å². The third kappa shape index (κ3) is 3.82. The normalized spacial score (nSPS) is 10.3. The lowest BCUT2D eigenvalue weighted by molar-refractivity contribution is 0.410. The number of methoxy groups -OCH3 is 1. The molecule has 100 valence electrons. The Bertz CT molecular complexity index is 560. The monoisotopic (exact) mass is 293 g/mol. The zero-order valence-electron chi connectivity index (χ0n) is 10.9. The van der Waals surface area contributed by atoms with E-state index >= 15 is 0 Å². The van der Waals surface area contributed by atoms with E-state index in [0.29, 0.717) is 6.54 Å². The molecule has 0 heterocycles. The Balaban J connectivity index is 2.11. The van der Waals surface area contributed by atoms with Crippen LogP contribution in [0.25, 0.3) is 0 Å². The van der Waals surface area contributed by atoms with E-state index in [9.17, 15) is 0 Å². The summed E-state index contributed by atoms with van der Waals surface area (Å²) in [5.41, 5.74) is 2.14. The van der Waals surface area contributed by atoms with Crippen molar-refractivity contribution < 1.29 is 4.74 Å². The van der Waals surface area contributed by atoms with Crippen LogP contribution in [0.15, 0.2) is 47.4 Å². The lowest BCUT2D eigenvalue weighted by atomic mass is 10.2. The molecule has 0 aliphatic carbocycles. The van der Waals surface area contributed by atoms with Gasteiger partial charge < -0.3 is 10.1 Å². The molecule has 0 aliphatic heterocycles. The van der Waals surface area contributed by atoms with Gasteiger partial charge in [-0.15, -0.1) is 11.8 Å². The predicted molar refractivity (Wildman–Crippen MR) is 83.6 cm³/mol. The highest BCUT2D eigenvalue weighted by molar-refractivity contribution is 7.98.